The van der Waals surface area contributed by atoms with Crippen LogP contribution in [0.25, 0.3) is 0 Å². The monoisotopic (exact) mass is 408 g/mol. The van der Waals surface area contributed by atoms with E-state index in [1.54, 1.807) is 13.8 Å². The first kappa shape index (κ1) is 20.6. The topological polar surface area (TPSA) is 96.8 Å². The molecule has 1 fully saturated rings. The fraction of sp³-hybridized carbons (Fsp3) is 0.421. The molecule has 1 saturated heterocycles. The zero-order chi connectivity index (χ0) is 21.0. The summed E-state index contributed by atoms with van der Waals surface area (Å²) in [6, 6.07) is 3.45. The molecule has 1 amide bonds. The van der Waals surface area contributed by atoms with Crippen LogP contribution in [0.2, 0.25) is 0 Å². The number of carboxylic acid groups (broad SMARTS) is 1. The van der Waals surface area contributed by atoms with Crippen molar-refractivity contribution in [3.63, 3.8) is 0 Å². The van der Waals surface area contributed by atoms with Gasteiger partial charge in [0, 0.05) is 44.1 Å². The van der Waals surface area contributed by atoms with Crippen molar-refractivity contribution in [3.05, 3.63) is 36.2 Å². The second kappa shape index (κ2) is 8.89. The summed E-state index contributed by atoms with van der Waals surface area (Å²) >= 11 is 0. The zero-order valence-corrected chi connectivity index (χ0v) is 16.1. The SMILES string of the molecule is CC(C)Oc1cc(F)c(Nc2cc(OC3CCN(C(=O)O)CC3)ncn2)cc1F. The maximum atomic E-state index is 14.3. The van der Waals surface area contributed by atoms with Gasteiger partial charge in [0.2, 0.25) is 5.88 Å². The summed E-state index contributed by atoms with van der Waals surface area (Å²) in [5.74, 6) is -1.06. The van der Waals surface area contributed by atoms with Gasteiger partial charge >= 0.3 is 6.09 Å². The van der Waals surface area contributed by atoms with Gasteiger partial charge in [0.15, 0.2) is 17.4 Å². The van der Waals surface area contributed by atoms with Gasteiger partial charge in [-0.05, 0) is 13.8 Å². The van der Waals surface area contributed by atoms with Crippen LogP contribution < -0.4 is 14.8 Å². The van der Waals surface area contributed by atoms with E-state index in [1.807, 2.05) is 0 Å². The van der Waals surface area contributed by atoms with E-state index in [4.69, 9.17) is 14.6 Å². The zero-order valence-electron chi connectivity index (χ0n) is 16.1. The number of piperidine rings is 1. The van der Waals surface area contributed by atoms with Gasteiger partial charge in [-0.3, -0.25) is 0 Å². The van der Waals surface area contributed by atoms with Gasteiger partial charge in [-0.15, -0.1) is 0 Å². The predicted molar refractivity (Wildman–Crippen MR) is 101 cm³/mol. The number of rotatable bonds is 6. The smallest absolute Gasteiger partial charge is 0.407 e. The number of ether oxygens (including phenoxy) is 2. The highest BCUT2D eigenvalue weighted by Gasteiger charge is 2.24. The molecule has 1 aromatic carbocycles. The van der Waals surface area contributed by atoms with Gasteiger partial charge in [-0.25, -0.2) is 23.5 Å². The standard InChI is InChI=1S/C19H22F2N4O4/c1-11(2)28-16-8-13(20)15(7-14(16)21)24-17-9-18(23-10-22-17)29-12-3-5-25(6-4-12)19(26)27/h7-12H,3-6H2,1-2H3,(H,26,27)(H,22,23,24). The molecule has 2 aromatic rings. The normalized spacial score (nSPS) is 14.7. The first-order chi connectivity index (χ1) is 13.8. The minimum Gasteiger partial charge on any atom is -0.488 e. The number of nitrogens with one attached hydrogen (secondary N) is 1. The van der Waals surface area contributed by atoms with E-state index >= 15 is 0 Å². The number of carbonyl (C=O) groups is 1. The third-order valence-electron chi connectivity index (χ3n) is 4.29. The predicted octanol–water partition coefficient (Wildman–Crippen LogP) is 3.81. The lowest BCUT2D eigenvalue weighted by molar-refractivity contribution is 0.0870. The fourth-order valence-corrected chi connectivity index (χ4v) is 2.91. The third-order valence-corrected chi connectivity index (χ3v) is 4.29. The Bertz CT molecular complexity index is 873. The molecule has 10 heteroatoms. The summed E-state index contributed by atoms with van der Waals surface area (Å²) in [4.78, 5) is 20.3. The summed E-state index contributed by atoms with van der Waals surface area (Å²) in [6.45, 7) is 4.20. The van der Waals surface area contributed by atoms with Gasteiger partial charge < -0.3 is 24.8 Å². The second-order valence-corrected chi connectivity index (χ2v) is 6.88. The van der Waals surface area contributed by atoms with Crippen LogP contribution in [0.5, 0.6) is 11.6 Å². The maximum Gasteiger partial charge on any atom is 0.407 e. The lowest BCUT2D eigenvalue weighted by Crippen LogP contribution is -2.41. The lowest BCUT2D eigenvalue weighted by Gasteiger charge is -2.29. The number of anilines is 2. The van der Waals surface area contributed by atoms with Gasteiger partial charge in [0.1, 0.15) is 18.2 Å². The van der Waals surface area contributed by atoms with Crippen molar-refractivity contribution < 1.29 is 28.2 Å². The molecular weight excluding hydrogens is 386 g/mol. The Kier molecular flexibility index (Phi) is 6.30. The van der Waals surface area contributed by atoms with Crippen LogP contribution in [0.4, 0.5) is 25.1 Å². The maximum absolute atomic E-state index is 14.3. The van der Waals surface area contributed by atoms with Gasteiger partial charge in [-0.1, -0.05) is 0 Å². The molecule has 0 saturated carbocycles. The van der Waals surface area contributed by atoms with Gasteiger partial charge in [0.25, 0.3) is 0 Å². The molecule has 0 radical (unpaired) electrons. The molecule has 1 aliphatic rings. The molecule has 156 valence electrons. The highest BCUT2D eigenvalue weighted by atomic mass is 19.1. The van der Waals surface area contributed by atoms with Crippen molar-refractivity contribution in [2.24, 2.45) is 0 Å². The second-order valence-electron chi connectivity index (χ2n) is 6.88. The molecule has 8 nitrogen and oxygen atoms in total. The van der Waals surface area contributed by atoms with Crippen LogP contribution in [-0.4, -0.2) is 51.4 Å². The molecular formula is C19H22F2N4O4. The van der Waals surface area contributed by atoms with E-state index in [0.717, 1.165) is 12.1 Å². The van der Waals surface area contributed by atoms with Gasteiger partial charge in [-0.2, -0.15) is 0 Å². The first-order valence-corrected chi connectivity index (χ1v) is 9.21. The molecule has 0 bridgehead atoms. The largest absolute Gasteiger partial charge is 0.488 e. The van der Waals surface area contributed by atoms with Crippen molar-refractivity contribution in [2.75, 3.05) is 18.4 Å². The first-order valence-electron chi connectivity index (χ1n) is 9.21. The third kappa shape index (κ3) is 5.43. The van der Waals surface area contributed by atoms with Crippen molar-refractivity contribution in [1.29, 1.82) is 0 Å². The number of amides is 1. The molecule has 0 unspecified atom stereocenters. The Morgan fingerprint density at radius 2 is 1.93 bits per heavy atom. The Hall–Kier alpha value is -3.17. The molecule has 1 aliphatic heterocycles. The van der Waals surface area contributed by atoms with E-state index in [-0.39, 0.29) is 35.3 Å². The van der Waals surface area contributed by atoms with Crippen LogP contribution in [0, 0.1) is 11.6 Å². The number of likely N-dealkylation sites (tertiary alicyclic amines) is 1. The van der Waals surface area contributed by atoms with E-state index in [1.165, 1.54) is 17.3 Å². The van der Waals surface area contributed by atoms with Crippen LogP contribution in [0.15, 0.2) is 24.5 Å². The molecule has 3 rings (SSSR count). The highest BCUT2D eigenvalue weighted by molar-refractivity contribution is 5.65. The Balaban J connectivity index is 1.66. The van der Waals surface area contributed by atoms with Crippen molar-refractivity contribution in [3.8, 4) is 11.6 Å². The van der Waals surface area contributed by atoms with Crippen molar-refractivity contribution in [2.45, 2.75) is 38.9 Å². The number of hydrogen-bond donors (Lipinski definition) is 2. The van der Waals surface area contributed by atoms with E-state index in [9.17, 15) is 13.6 Å². The number of hydrogen-bond acceptors (Lipinski definition) is 6. The van der Waals surface area contributed by atoms with Crippen LogP contribution in [-0.2, 0) is 0 Å². The Morgan fingerprint density at radius 3 is 2.59 bits per heavy atom. The summed E-state index contributed by atoms with van der Waals surface area (Å²) in [7, 11) is 0. The summed E-state index contributed by atoms with van der Waals surface area (Å²) in [5.41, 5.74) is -0.0991. The highest BCUT2D eigenvalue weighted by Crippen LogP contribution is 2.28. The molecule has 0 aliphatic carbocycles. The number of nitrogens with zero attached hydrogens (tertiary/aromatic N) is 3. The molecule has 0 spiro atoms. The van der Waals surface area contributed by atoms with Crippen LogP contribution >= 0.6 is 0 Å². The molecule has 29 heavy (non-hydrogen) atoms. The van der Waals surface area contributed by atoms with Crippen LogP contribution in [0.3, 0.4) is 0 Å². The van der Waals surface area contributed by atoms with E-state index in [2.05, 4.69) is 15.3 Å². The molecule has 0 atom stereocenters. The molecule has 1 aromatic heterocycles. The molecule has 2 N–H and O–H groups in total. The average molecular weight is 408 g/mol. The van der Waals surface area contributed by atoms with Gasteiger partial charge in [0.05, 0.1) is 11.8 Å². The fourth-order valence-electron chi connectivity index (χ4n) is 2.91. The lowest BCUT2D eigenvalue weighted by atomic mass is 10.1. The summed E-state index contributed by atoms with van der Waals surface area (Å²) < 4.78 is 39.4. The van der Waals surface area contributed by atoms with Crippen molar-refractivity contribution in [1.82, 2.24) is 14.9 Å². The summed E-state index contributed by atoms with van der Waals surface area (Å²) in [5, 5.41) is 11.7. The minimum absolute atomic E-state index is 0.0991. The van der Waals surface area contributed by atoms with E-state index in [0.29, 0.717) is 25.9 Å². The number of aromatic nitrogens is 2. The van der Waals surface area contributed by atoms with Crippen molar-refractivity contribution >= 4 is 17.6 Å². The van der Waals surface area contributed by atoms with E-state index < -0.39 is 17.7 Å². The average Bonchev–Trinajstić information content (AvgIpc) is 2.66. The molecule has 2 heterocycles. The number of benzene rings is 1. The Labute approximate surface area is 166 Å². The minimum atomic E-state index is -0.948. The Morgan fingerprint density at radius 1 is 1.21 bits per heavy atom. The summed E-state index contributed by atoms with van der Waals surface area (Å²) in [6.07, 6.45) is 0.902. The number of halogens is 2. The van der Waals surface area contributed by atoms with Crippen LogP contribution in [0.1, 0.15) is 26.7 Å². The quantitative estimate of drug-likeness (QED) is 0.750.